The third kappa shape index (κ3) is 1.68. The Morgan fingerprint density at radius 3 is 2.88 bits per heavy atom. The number of H-pyrrole nitrogens is 1. The molecule has 3 rings (SSSR count). The number of aromatic amines is 1. The number of halogens is 1. The average molecular weight is 291 g/mol. The Labute approximate surface area is 104 Å². The van der Waals surface area contributed by atoms with E-state index in [4.69, 9.17) is 4.42 Å². The number of furan rings is 1. The largest absolute Gasteiger partial charge is 0.463 e. The lowest BCUT2D eigenvalue weighted by Gasteiger charge is -2.03. The van der Waals surface area contributed by atoms with Gasteiger partial charge in [-0.2, -0.15) is 4.98 Å². The molecule has 3 aromatic rings. The fourth-order valence-corrected chi connectivity index (χ4v) is 2.20. The maximum absolute atomic E-state index is 11.5. The number of rotatable bonds is 1. The van der Waals surface area contributed by atoms with Crippen LogP contribution in [-0.4, -0.2) is 9.97 Å². The highest BCUT2D eigenvalue weighted by Crippen LogP contribution is 2.28. The van der Waals surface area contributed by atoms with Gasteiger partial charge in [-0.05, 0) is 34.1 Å². The highest BCUT2D eigenvalue weighted by Gasteiger charge is 2.10. The molecule has 4 nitrogen and oxygen atoms in total. The van der Waals surface area contributed by atoms with Crippen LogP contribution in [0, 0.1) is 0 Å². The van der Waals surface area contributed by atoms with Crippen molar-refractivity contribution in [3.05, 3.63) is 51.6 Å². The molecule has 0 saturated heterocycles. The van der Waals surface area contributed by atoms with Gasteiger partial charge in [0, 0.05) is 9.86 Å². The molecule has 2 aromatic heterocycles. The molecule has 0 unspecified atom stereocenters. The summed E-state index contributed by atoms with van der Waals surface area (Å²) in [5, 5.41) is 0.842. The van der Waals surface area contributed by atoms with Gasteiger partial charge in [0.2, 0.25) is 0 Å². The van der Waals surface area contributed by atoms with E-state index in [1.165, 1.54) is 0 Å². The van der Waals surface area contributed by atoms with Gasteiger partial charge < -0.3 is 9.40 Å². The first kappa shape index (κ1) is 10.3. The highest BCUT2D eigenvalue weighted by molar-refractivity contribution is 9.10. The number of fused-ring (bicyclic) bond motifs is 1. The van der Waals surface area contributed by atoms with E-state index >= 15 is 0 Å². The summed E-state index contributed by atoms with van der Waals surface area (Å²) in [6.45, 7) is 0. The van der Waals surface area contributed by atoms with Crippen LogP contribution < -0.4 is 5.69 Å². The molecule has 1 aromatic carbocycles. The van der Waals surface area contributed by atoms with E-state index in [0.29, 0.717) is 17.0 Å². The van der Waals surface area contributed by atoms with E-state index in [-0.39, 0.29) is 0 Å². The van der Waals surface area contributed by atoms with Gasteiger partial charge in [0.15, 0.2) is 5.76 Å². The molecule has 0 radical (unpaired) electrons. The highest BCUT2D eigenvalue weighted by atomic mass is 79.9. The van der Waals surface area contributed by atoms with Gasteiger partial charge in [-0.15, -0.1) is 0 Å². The first-order chi connectivity index (χ1) is 8.25. The molecular weight excluding hydrogens is 284 g/mol. The van der Waals surface area contributed by atoms with Crippen molar-refractivity contribution < 1.29 is 4.42 Å². The van der Waals surface area contributed by atoms with E-state index in [0.717, 1.165) is 9.86 Å². The van der Waals surface area contributed by atoms with Crippen molar-refractivity contribution in [3.63, 3.8) is 0 Å². The summed E-state index contributed by atoms with van der Waals surface area (Å²) in [5.41, 5.74) is 0.879. The smallest absolute Gasteiger partial charge is 0.346 e. The molecule has 0 aliphatic rings. The van der Waals surface area contributed by atoms with Crippen LogP contribution in [-0.2, 0) is 0 Å². The first-order valence-electron chi connectivity index (χ1n) is 4.98. The predicted octanol–water partition coefficient (Wildman–Crippen LogP) is 2.95. The maximum atomic E-state index is 11.5. The van der Waals surface area contributed by atoms with E-state index in [1.807, 2.05) is 18.2 Å². The van der Waals surface area contributed by atoms with E-state index in [2.05, 4.69) is 25.9 Å². The lowest BCUT2D eigenvalue weighted by atomic mass is 10.1. The Hall–Kier alpha value is -1.88. The van der Waals surface area contributed by atoms with Crippen LogP contribution in [0.4, 0.5) is 0 Å². The molecule has 17 heavy (non-hydrogen) atoms. The predicted molar refractivity (Wildman–Crippen MR) is 67.8 cm³/mol. The zero-order valence-electron chi connectivity index (χ0n) is 8.61. The number of benzene rings is 1. The van der Waals surface area contributed by atoms with E-state index < -0.39 is 5.69 Å². The van der Waals surface area contributed by atoms with Gasteiger partial charge in [-0.3, -0.25) is 0 Å². The zero-order valence-corrected chi connectivity index (χ0v) is 10.2. The Balaban J connectivity index is 2.46. The van der Waals surface area contributed by atoms with Crippen molar-refractivity contribution >= 4 is 26.8 Å². The fraction of sp³-hybridized carbons (Fsp3) is 0. The number of nitrogens with one attached hydrogen (secondary N) is 1. The minimum Gasteiger partial charge on any atom is -0.463 e. The SMILES string of the molecule is O=c1nc2c(Br)cccc2c(-c2ccco2)[nH]1. The van der Waals surface area contributed by atoms with Crippen molar-refractivity contribution in [3.8, 4) is 11.5 Å². The molecule has 0 fully saturated rings. The molecule has 2 heterocycles. The van der Waals surface area contributed by atoms with E-state index in [9.17, 15) is 4.79 Å². The van der Waals surface area contributed by atoms with Crippen molar-refractivity contribution in [1.82, 2.24) is 9.97 Å². The van der Waals surface area contributed by atoms with E-state index in [1.54, 1.807) is 18.4 Å². The molecular formula is C12H7BrN2O2. The monoisotopic (exact) mass is 290 g/mol. The summed E-state index contributed by atoms with van der Waals surface area (Å²) < 4.78 is 6.10. The van der Waals surface area contributed by atoms with Gasteiger partial charge in [0.25, 0.3) is 0 Å². The Morgan fingerprint density at radius 1 is 1.24 bits per heavy atom. The molecule has 0 aliphatic carbocycles. The van der Waals surface area contributed by atoms with Crippen LogP contribution in [0.2, 0.25) is 0 Å². The van der Waals surface area contributed by atoms with Gasteiger partial charge in [-0.25, -0.2) is 4.79 Å². The number of hydrogen-bond acceptors (Lipinski definition) is 3. The molecule has 0 spiro atoms. The molecule has 5 heteroatoms. The Kier molecular flexibility index (Phi) is 2.33. The molecule has 0 saturated carbocycles. The van der Waals surface area contributed by atoms with Crippen LogP contribution in [0.3, 0.4) is 0 Å². The second-order valence-electron chi connectivity index (χ2n) is 3.53. The topological polar surface area (TPSA) is 58.9 Å². The van der Waals surface area contributed by atoms with Crippen LogP contribution in [0.1, 0.15) is 0 Å². The minimum absolute atomic E-state index is 0.393. The molecule has 84 valence electrons. The first-order valence-corrected chi connectivity index (χ1v) is 5.77. The average Bonchev–Trinajstić information content (AvgIpc) is 2.83. The lowest BCUT2D eigenvalue weighted by molar-refractivity contribution is 0.580. The van der Waals surface area contributed by atoms with Crippen molar-refractivity contribution in [2.75, 3.05) is 0 Å². The third-order valence-corrected chi connectivity index (χ3v) is 3.11. The maximum Gasteiger partial charge on any atom is 0.346 e. The van der Waals surface area contributed by atoms with Gasteiger partial charge in [0.1, 0.15) is 0 Å². The molecule has 1 N–H and O–H groups in total. The van der Waals surface area contributed by atoms with Crippen molar-refractivity contribution in [2.24, 2.45) is 0 Å². The zero-order chi connectivity index (χ0) is 11.8. The van der Waals surface area contributed by atoms with Gasteiger partial charge in [-0.1, -0.05) is 12.1 Å². The molecule has 0 amide bonds. The summed E-state index contributed by atoms with van der Waals surface area (Å²) >= 11 is 3.38. The summed E-state index contributed by atoms with van der Waals surface area (Å²) in [4.78, 5) is 18.2. The molecule has 0 aliphatic heterocycles. The van der Waals surface area contributed by atoms with Crippen LogP contribution >= 0.6 is 15.9 Å². The second-order valence-corrected chi connectivity index (χ2v) is 4.38. The Bertz CT molecular complexity index is 732. The second kappa shape index (κ2) is 3.85. The van der Waals surface area contributed by atoms with Crippen LogP contribution in [0.25, 0.3) is 22.4 Å². The fourth-order valence-electron chi connectivity index (χ4n) is 1.75. The summed E-state index contributed by atoms with van der Waals surface area (Å²) in [6.07, 6.45) is 1.57. The summed E-state index contributed by atoms with van der Waals surface area (Å²) in [6, 6.07) is 9.20. The third-order valence-electron chi connectivity index (χ3n) is 2.47. The minimum atomic E-state index is -0.393. The quantitative estimate of drug-likeness (QED) is 0.750. The number of hydrogen-bond donors (Lipinski definition) is 1. The summed E-state index contributed by atoms with van der Waals surface area (Å²) in [5.74, 6) is 0.618. The van der Waals surface area contributed by atoms with Crippen molar-refractivity contribution in [1.29, 1.82) is 0 Å². The van der Waals surface area contributed by atoms with Crippen LogP contribution in [0.15, 0.2) is 50.3 Å². The van der Waals surface area contributed by atoms with Gasteiger partial charge >= 0.3 is 5.69 Å². The molecule has 0 bridgehead atoms. The number of nitrogens with zero attached hydrogens (tertiary/aromatic N) is 1. The summed E-state index contributed by atoms with van der Waals surface area (Å²) in [7, 11) is 0. The standard InChI is InChI=1S/C12H7BrN2O2/c13-8-4-1-3-7-10(8)14-12(16)15-11(7)9-5-2-6-17-9/h1-6H,(H,14,15,16). The molecule has 0 atom stereocenters. The normalized spacial score (nSPS) is 10.9. The van der Waals surface area contributed by atoms with Crippen molar-refractivity contribution in [2.45, 2.75) is 0 Å². The number of aromatic nitrogens is 2. The van der Waals surface area contributed by atoms with Crippen LogP contribution in [0.5, 0.6) is 0 Å². The number of para-hydroxylation sites is 1. The lowest BCUT2D eigenvalue weighted by Crippen LogP contribution is -2.11. The van der Waals surface area contributed by atoms with Gasteiger partial charge in [0.05, 0.1) is 17.5 Å². The Morgan fingerprint density at radius 2 is 2.12 bits per heavy atom.